The molecule has 0 aliphatic rings. The van der Waals surface area contributed by atoms with Crippen molar-refractivity contribution in [1.82, 2.24) is 9.97 Å². The third-order valence-corrected chi connectivity index (χ3v) is 3.72. The van der Waals surface area contributed by atoms with E-state index in [1.54, 1.807) is 0 Å². The van der Waals surface area contributed by atoms with Crippen molar-refractivity contribution in [3.05, 3.63) is 16.5 Å². The first kappa shape index (κ1) is 16.2. The maximum Gasteiger partial charge on any atom is 0.171 e. The van der Waals surface area contributed by atoms with Crippen molar-refractivity contribution in [3.8, 4) is 0 Å². The highest BCUT2D eigenvalue weighted by Crippen LogP contribution is 2.27. The molecule has 0 atom stereocenters. The van der Waals surface area contributed by atoms with Crippen LogP contribution in [0.1, 0.15) is 51.9 Å². The summed E-state index contributed by atoms with van der Waals surface area (Å²) in [4.78, 5) is 11.4. The Bertz CT molecular complexity index is 414. The molecular weight excluding hydrogens is 258 g/mol. The van der Waals surface area contributed by atoms with Gasteiger partial charge in [0, 0.05) is 12.6 Å². The SMILES string of the molecule is CCC(CC)N(CC(C)C)c1nc(C)c(C)nc1Cl. The zero-order valence-corrected chi connectivity index (χ0v) is 13.8. The molecule has 0 aliphatic carbocycles. The van der Waals surface area contributed by atoms with E-state index in [4.69, 9.17) is 11.6 Å². The minimum atomic E-state index is 0.469. The lowest BCUT2D eigenvalue weighted by Crippen LogP contribution is -2.38. The summed E-state index contributed by atoms with van der Waals surface area (Å²) in [6.45, 7) is 13.8. The molecule has 3 nitrogen and oxygen atoms in total. The summed E-state index contributed by atoms with van der Waals surface area (Å²) in [5.41, 5.74) is 1.86. The Kier molecular flexibility index (Phi) is 6.05. The Morgan fingerprint density at radius 2 is 1.58 bits per heavy atom. The van der Waals surface area contributed by atoms with Gasteiger partial charge in [0.15, 0.2) is 11.0 Å². The molecule has 4 heteroatoms. The highest BCUT2D eigenvalue weighted by atomic mass is 35.5. The van der Waals surface area contributed by atoms with Crippen LogP contribution in [0, 0.1) is 19.8 Å². The number of hydrogen-bond acceptors (Lipinski definition) is 3. The third-order valence-electron chi connectivity index (χ3n) is 3.46. The van der Waals surface area contributed by atoms with Gasteiger partial charge in [-0.05, 0) is 32.6 Å². The molecule has 0 amide bonds. The highest BCUT2D eigenvalue weighted by molar-refractivity contribution is 6.31. The van der Waals surface area contributed by atoms with Crippen LogP contribution in [0.4, 0.5) is 5.82 Å². The number of aryl methyl sites for hydroxylation is 2. The fourth-order valence-electron chi connectivity index (χ4n) is 2.28. The standard InChI is InChI=1S/C15H26ClN3/c1-7-13(8-2)19(9-10(3)4)15-14(16)17-11(5)12(6)18-15/h10,13H,7-9H2,1-6H3. The smallest absolute Gasteiger partial charge is 0.171 e. The molecule has 108 valence electrons. The molecule has 0 radical (unpaired) electrons. The maximum atomic E-state index is 6.32. The predicted octanol–water partition coefficient (Wildman–Crippen LogP) is 4.40. The summed E-state index contributed by atoms with van der Waals surface area (Å²) in [5.74, 6) is 1.41. The molecule has 1 aromatic rings. The van der Waals surface area contributed by atoms with E-state index in [1.165, 1.54) is 0 Å². The van der Waals surface area contributed by atoms with Gasteiger partial charge in [0.25, 0.3) is 0 Å². The number of aromatic nitrogens is 2. The highest BCUT2D eigenvalue weighted by Gasteiger charge is 2.22. The molecule has 0 aliphatic heterocycles. The van der Waals surface area contributed by atoms with Crippen molar-refractivity contribution in [2.24, 2.45) is 5.92 Å². The molecule has 0 bridgehead atoms. The Hall–Kier alpha value is -0.830. The van der Waals surface area contributed by atoms with E-state index in [-0.39, 0.29) is 0 Å². The minimum absolute atomic E-state index is 0.469. The van der Waals surface area contributed by atoms with Gasteiger partial charge in [-0.15, -0.1) is 0 Å². The first-order chi connectivity index (χ1) is 8.90. The zero-order valence-electron chi connectivity index (χ0n) is 13.0. The lowest BCUT2D eigenvalue weighted by Gasteiger charge is -2.33. The van der Waals surface area contributed by atoms with Gasteiger partial charge in [-0.2, -0.15) is 0 Å². The lowest BCUT2D eigenvalue weighted by atomic mass is 10.1. The number of hydrogen-bond donors (Lipinski definition) is 0. The lowest BCUT2D eigenvalue weighted by molar-refractivity contribution is 0.502. The van der Waals surface area contributed by atoms with E-state index >= 15 is 0 Å². The molecule has 0 unspecified atom stereocenters. The van der Waals surface area contributed by atoms with Crippen molar-refractivity contribution in [2.45, 2.75) is 60.4 Å². The quantitative estimate of drug-likeness (QED) is 0.775. The minimum Gasteiger partial charge on any atom is -0.351 e. The van der Waals surface area contributed by atoms with Crippen LogP contribution in [0.3, 0.4) is 0 Å². The van der Waals surface area contributed by atoms with Gasteiger partial charge in [-0.25, -0.2) is 9.97 Å². The normalized spacial score (nSPS) is 11.4. The predicted molar refractivity (Wildman–Crippen MR) is 83.1 cm³/mol. The fourth-order valence-corrected chi connectivity index (χ4v) is 2.56. The average molecular weight is 284 g/mol. The van der Waals surface area contributed by atoms with E-state index < -0.39 is 0 Å². The Morgan fingerprint density at radius 3 is 2.05 bits per heavy atom. The Balaban J connectivity index is 3.20. The van der Waals surface area contributed by atoms with E-state index in [1.807, 2.05) is 13.8 Å². The van der Waals surface area contributed by atoms with Crippen LogP contribution in [-0.4, -0.2) is 22.6 Å². The van der Waals surface area contributed by atoms with E-state index in [9.17, 15) is 0 Å². The molecule has 0 saturated carbocycles. The van der Waals surface area contributed by atoms with Gasteiger partial charge in [-0.1, -0.05) is 39.3 Å². The molecule has 0 N–H and O–H groups in total. The van der Waals surface area contributed by atoms with Gasteiger partial charge in [0.1, 0.15) is 0 Å². The molecule has 0 saturated heterocycles. The van der Waals surface area contributed by atoms with Gasteiger partial charge >= 0.3 is 0 Å². The fraction of sp³-hybridized carbons (Fsp3) is 0.733. The van der Waals surface area contributed by atoms with E-state index in [2.05, 4.69) is 42.6 Å². The van der Waals surface area contributed by atoms with Crippen LogP contribution < -0.4 is 4.90 Å². The van der Waals surface area contributed by atoms with Crippen molar-refractivity contribution < 1.29 is 0 Å². The van der Waals surface area contributed by atoms with Crippen molar-refractivity contribution in [2.75, 3.05) is 11.4 Å². The topological polar surface area (TPSA) is 29.0 Å². The second-order valence-corrected chi connectivity index (χ2v) is 5.88. The Labute approximate surface area is 122 Å². The number of halogens is 1. The van der Waals surface area contributed by atoms with Crippen LogP contribution in [0.15, 0.2) is 0 Å². The first-order valence-electron chi connectivity index (χ1n) is 7.18. The summed E-state index contributed by atoms with van der Waals surface area (Å²) in [6.07, 6.45) is 2.18. The van der Waals surface area contributed by atoms with Crippen molar-refractivity contribution in [1.29, 1.82) is 0 Å². The van der Waals surface area contributed by atoms with Crippen LogP contribution in [-0.2, 0) is 0 Å². The van der Waals surface area contributed by atoms with Crippen LogP contribution >= 0.6 is 11.6 Å². The second-order valence-electron chi connectivity index (χ2n) is 5.53. The molecule has 19 heavy (non-hydrogen) atoms. The molecule has 1 aromatic heterocycles. The first-order valence-corrected chi connectivity index (χ1v) is 7.55. The molecule has 1 heterocycles. The number of anilines is 1. The van der Waals surface area contributed by atoms with Crippen molar-refractivity contribution in [3.63, 3.8) is 0 Å². The van der Waals surface area contributed by atoms with Crippen LogP contribution in [0.2, 0.25) is 5.15 Å². The monoisotopic (exact) mass is 283 g/mol. The molecular formula is C15H26ClN3. The van der Waals surface area contributed by atoms with E-state index in [0.717, 1.165) is 36.6 Å². The summed E-state index contributed by atoms with van der Waals surface area (Å²) < 4.78 is 0. The van der Waals surface area contributed by atoms with Crippen LogP contribution in [0.5, 0.6) is 0 Å². The third kappa shape index (κ3) is 4.07. The molecule has 0 fully saturated rings. The average Bonchev–Trinajstić information content (AvgIpc) is 2.33. The van der Waals surface area contributed by atoms with Gasteiger partial charge < -0.3 is 4.90 Å². The van der Waals surface area contributed by atoms with E-state index in [0.29, 0.717) is 17.1 Å². The van der Waals surface area contributed by atoms with Crippen LogP contribution in [0.25, 0.3) is 0 Å². The molecule has 0 aromatic carbocycles. The van der Waals surface area contributed by atoms with Gasteiger partial charge in [0.05, 0.1) is 11.4 Å². The molecule has 1 rings (SSSR count). The largest absolute Gasteiger partial charge is 0.351 e. The summed E-state index contributed by atoms with van der Waals surface area (Å²) >= 11 is 6.32. The van der Waals surface area contributed by atoms with Crippen molar-refractivity contribution >= 4 is 17.4 Å². The summed E-state index contributed by atoms with van der Waals surface area (Å²) in [7, 11) is 0. The Morgan fingerprint density at radius 1 is 1.05 bits per heavy atom. The van der Waals surface area contributed by atoms with Gasteiger partial charge in [-0.3, -0.25) is 0 Å². The summed E-state index contributed by atoms with van der Waals surface area (Å²) in [6, 6.07) is 0.469. The van der Waals surface area contributed by atoms with Gasteiger partial charge in [0.2, 0.25) is 0 Å². The summed E-state index contributed by atoms with van der Waals surface area (Å²) in [5, 5.41) is 0.524. The second kappa shape index (κ2) is 7.09. The number of nitrogens with zero attached hydrogens (tertiary/aromatic N) is 3. The molecule has 0 spiro atoms. The zero-order chi connectivity index (χ0) is 14.6. The number of rotatable bonds is 6. The maximum absolute atomic E-state index is 6.32.